The second-order valence-corrected chi connectivity index (χ2v) is 3.52. The molecule has 3 nitrogen and oxygen atoms in total. The van der Waals surface area contributed by atoms with Gasteiger partial charge in [-0.3, -0.25) is 0 Å². The summed E-state index contributed by atoms with van der Waals surface area (Å²) >= 11 is 0. The first-order valence-corrected chi connectivity index (χ1v) is 5.42. The average Bonchev–Trinajstić information content (AvgIpc) is 2.65. The Labute approximate surface area is 86.3 Å². The fraction of sp³-hybridized carbons (Fsp3) is 0.636. The standard InChI is InChI=1S/C11H21N3/c1-2-14-8-5-11(10-14)9-13-7-4-3-6-12/h5,8,10,13H,2-4,6-7,9,12H2,1H3. The molecule has 14 heavy (non-hydrogen) atoms. The Morgan fingerprint density at radius 1 is 1.43 bits per heavy atom. The van der Waals surface area contributed by atoms with E-state index in [2.05, 4.69) is 35.3 Å². The van der Waals surface area contributed by atoms with Crippen LogP contribution in [0, 0.1) is 0 Å². The van der Waals surface area contributed by atoms with E-state index in [0.29, 0.717) is 0 Å². The maximum absolute atomic E-state index is 5.41. The first kappa shape index (κ1) is 11.3. The van der Waals surface area contributed by atoms with Crippen LogP contribution in [0.5, 0.6) is 0 Å². The van der Waals surface area contributed by atoms with Crippen molar-refractivity contribution in [3.05, 3.63) is 24.0 Å². The molecule has 1 aromatic heterocycles. The maximum Gasteiger partial charge on any atom is 0.0220 e. The molecule has 1 heterocycles. The zero-order valence-electron chi connectivity index (χ0n) is 9.00. The van der Waals surface area contributed by atoms with Gasteiger partial charge in [-0.25, -0.2) is 0 Å². The summed E-state index contributed by atoms with van der Waals surface area (Å²) < 4.78 is 2.19. The molecule has 0 fully saturated rings. The number of nitrogens with one attached hydrogen (secondary N) is 1. The number of aryl methyl sites for hydroxylation is 1. The Hall–Kier alpha value is -0.800. The second kappa shape index (κ2) is 6.62. The van der Waals surface area contributed by atoms with Gasteiger partial charge in [-0.15, -0.1) is 0 Å². The van der Waals surface area contributed by atoms with E-state index in [4.69, 9.17) is 5.73 Å². The molecule has 0 aliphatic rings. The van der Waals surface area contributed by atoms with Crippen LogP contribution < -0.4 is 11.1 Å². The van der Waals surface area contributed by atoms with Crippen molar-refractivity contribution in [1.29, 1.82) is 0 Å². The minimum atomic E-state index is 0.799. The van der Waals surface area contributed by atoms with E-state index in [-0.39, 0.29) is 0 Å². The van der Waals surface area contributed by atoms with Crippen molar-refractivity contribution in [2.45, 2.75) is 32.9 Å². The highest BCUT2D eigenvalue weighted by Crippen LogP contribution is 2.00. The molecule has 1 rings (SSSR count). The molecule has 0 spiro atoms. The van der Waals surface area contributed by atoms with Gasteiger partial charge in [0.25, 0.3) is 0 Å². The largest absolute Gasteiger partial charge is 0.354 e. The number of aromatic nitrogens is 1. The number of unbranched alkanes of at least 4 members (excludes halogenated alkanes) is 1. The predicted molar refractivity (Wildman–Crippen MR) is 60.1 cm³/mol. The Morgan fingerprint density at radius 3 is 2.93 bits per heavy atom. The minimum absolute atomic E-state index is 0.799. The third-order valence-corrected chi connectivity index (χ3v) is 2.31. The van der Waals surface area contributed by atoms with E-state index >= 15 is 0 Å². The van der Waals surface area contributed by atoms with Crippen LogP contribution in [0.3, 0.4) is 0 Å². The molecule has 1 aromatic rings. The van der Waals surface area contributed by atoms with Gasteiger partial charge in [0.1, 0.15) is 0 Å². The van der Waals surface area contributed by atoms with Crippen LogP contribution in [0.2, 0.25) is 0 Å². The number of hydrogen-bond acceptors (Lipinski definition) is 2. The Morgan fingerprint density at radius 2 is 2.29 bits per heavy atom. The van der Waals surface area contributed by atoms with Gasteiger partial charge in [0.15, 0.2) is 0 Å². The smallest absolute Gasteiger partial charge is 0.0220 e. The molecule has 0 radical (unpaired) electrons. The zero-order chi connectivity index (χ0) is 10.2. The summed E-state index contributed by atoms with van der Waals surface area (Å²) in [5, 5.41) is 3.41. The summed E-state index contributed by atoms with van der Waals surface area (Å²) in [7, 11) is 0. The molecule has 0 saturated carbocycles. The van der Waals surface area contributed by atoms with E-state index in [1.807, 2.05) is 0 Å². The van der Waals surface area contributed by atoms with E-state index in [0.717, 1.165) is 32.6 Å². The Kier molecular flexibility index (Phi) is 5.33. The minimum Gasteiger partial charge on any atom is -0.354 e. The summed E-state index contributed by atoms with van der Waals surface area (Å²) in [6.45, 7) is 6.03. The summed E-state index contributed by atoms with van der Waals surface area (Å²) in [5.74, 6) is 0. The van der Waals surface area contributed by atoms with Gasteiger partial charge in [-0.1, -0.05) is 0 Å². The van der Waals surface area contributed by atoms with Crippen molar-refractivity contribution in [1.82, 2.24) is 9.88 Å². The maximum atomic E-state index is 5.41. The normalized spacial score (nSPS) is 10.7. The van der Waals surface area contributed by atoms with Crippen molar-refractivity contribution < 1.29 is 0 Å². The molecule has 80 valence electrons. The highest BCUT2D eigenvalue weighted by atomic mass is 14.9. The van der Waals surface area contributed by atoms with Crippen LogP contribution in [0.25, 0.3) is 0 Å². The molecule has 0 aliphatic heterocycles. The lowest BCUT2D eigenvalue weighted by Crippen LogP contribution is -2.15. The van der Waals surface area contributed by atoms with Crippen molar-refractivity contribution in [2.24, 2.45) is 5.73 Å². The first-order valence-electron chi connectivity index (χ1n) is 5.42. The lowest BCUT2D eigenvalue weighted by Gasteiger charge is -2.01. The lowest BCUT2D eigenvalue weighted by atomic mass is 10.3. The van der Waals surface area contributed by atoms with E-state index in [1.54, 1.807) is 0 Å². The van der Waals surface area contributed by atoms with Gasteiger partial charge in [0, 0.05) is 25.5 Å². The molecule has 3 N–H and O–H groups in total. The first-order chi connectivity index (χ1) is 6.86. The summed E-state index contributed by atoms with van der Waals surface area (Å²) in [4.78, 5) is 0. The molecular formula is C11H21N3. The quantitative estimate of drug-likeness (QED) is 0.645. The second-order valence-electron chi connectivity index (χ2n) is 3.52. The van der Waals surface area contributed by atoms with Crippen LogP contribution in [-0.4, -0.2) is 17.7 Å². The van der Waals surface area contributed by atoms with Crippen molar-refractivity contribution in [2.75, 3.05) is 13.1 Å². The summed E-state index contributed by atoms with van der Waals surface area (Å²) in [6.07, 6.45) is 6.60. The number of nitrogens with zero attached hydrogens (tertiary/aromatic N) is 1. The molecule has 0 bridgehead atoms. The van der Waals surface area contributed by atoms with Gasteiger partial charge in [-0.2, -0.15) is 0 Å². The van der Waals surface area contributed by atoms with Gasteiger partial charge < -0.3 is 15.6 Å². The van der Waals surface area contributed by atoms with Crippen LogP contribution in [-0.2, 0) is 13.1 Å². The van der Waals surface area contributed by atoms with Crippen molar-refractivity contribution in [3.8, 4) is 0 Å². The fourth-order valence-corrected chi connectivity index (χ4v) is 1.42. The highest BCUT2D eigenvalue weighted by Gasteiger charge is 1.94. The predicted octanol–water partition coefficient (Wildman–Crippen LogP) is 1.34. The molecule has 3 heteroatoms. The molecule has 0 saturated heterocycles. The zero-order valence-corrected chi connectivity index (χ0v) is 9.00. The van der Waals surface area contributed by atoms with Gasteiger partial charge in [0.2, 0.25) is 0 Å². The van der Waals surface area contributed by atoms with Gasteiger partial charge in [0.05, 0.1) is 0 Å². The van der Waals surface area contributed by atoms with Gasteiger partial charge >= 0.3 is 0 Å². The molecule has 0 amide bonds. The third kappa shape index (κ3) is 3.94. The monoisotopic (exact) mass is 195 g/mol. The summed E-state index contributed by atoms with van der Waals surface area (Å²) in [6, 6.07) is 2.17. The number of rotatable bonds is 7. The summed E-state index contributed by atoms with van der Waals surface area (Å²) in [5.41, 5.74) is 6.77. The van der Waals surface area contributed by atoms with Crippen LogP contribution in [0.1, 0.15) is 25.3 Å². The van der Waals surface area contributed by atoms with Crippen LogP contribution in [0.4, 0.5) is 0 Å². The molecule has 0 atom stereocenters. The third-order valence-electron chi connectivity index (χ3n) is 2.31. The van der Waals surface area contributed by atoms with E-state index in [1.165, 1.54) is 12.0 Å². The van der Waals surface area contributed by atoms with Gasteiger partial charge in [-0.05, 0) is 44.5 Å². The van der Waals surface area contributed by atoms with Crippen molar-refractivity contribution in [3.63, 3.8) is 0 Å². The average molecular weight is 195 g/mol. The van der Waals surface area contributed by atoms with E-state index < -0.39 is 0 Å². The molecule has 0 aromatic carbocycles. The van der Waals surface area contributed by atoms with E-state index in [9.17, 15) is 0 Å². The Balaban J connectivity index is 2.12. The molecular weight excluding hydrogens is 174 g/mol. The topological polar surface area (TPSA) is 43.0 Å². The number of nitrogens with two attached hydrogens (primary N) is 1. The fourth-order valence-electron chi connectivity index (χ4n) is 1.42. The molecule has 0 unspecified atom stereocenters. The highest BCUT2D eigenvalue weighted by molar-refractivity contribution is 5.09. The molecule has 0 aliphatic carbocycles. The van der Waals surface area contributed by atoms with Crippen LogP contribution in [0.15, 0.2) is 18.5 Å². The SMILES string of the molecule is CCn1ccc(CNCCCCN)c1. The number of hydrogen-bond donors (Lipinski definition) is 2. The Bertz CT molecular complexity index is 242. The lowest BCUT2D eigenvalue weighted by molar-refractivity contribution is 0.626. The van der Waals surface area contributed by atoms with Crippen molar-refractivity contribution >= 4 is 0 Å². The van der Waals surface area contributed by atoms with Crippen LogP contribution >= 0.6 is 0 Å².